The molecule has 10 heterocycles. The van der Waals surface area contributed by atoms with Gasteiger partial charge >= 0.3 is 0 Å². The van der Waals surface area contributed by atoms with Crippen LogP contribution in [0.2, 0.25) is 0 Å². The van der Waals surface area contributed by atoms with E-state index in [0.717, 1.165) is 74.1 Å². The maximum Gasteiger partial charge on any atom is 0.216 e. The Morgan fingerprint density at radius 2 is 0.517 bits per heavy atom. The number of fused-ring (bicyclic) bond motifs is 25. The summed E-state index contributed by atoms with van der Waals surface area (Å²) in [7, 11) is 10.6. The van der Waals surface area contributed by atoms with Crippen molar-refractivity contribution in [2.75, 3.05) is 0 Å². The number of aryl methyl sites for hydroxylation is 15. The summed E-state index contributed by atoms with van der Waals surface area (Å²) in [6.07, 6.45) is 26.9. The zero-order valence-corrected chi connectivity index (χ0v) is 88.0. The van der Waals surface area contributed by atoms with Gasteiger partial charge < -0.3 is 22.1 Å². The molecule has 10 aromatic heterocycles. The first-order valence-electron chi connectivity index (χ1n) is 53.0. The number of nitrogens with zero attached hydrogens (tertiary/aromatic N) is 5. The molecule has 0 bridgehead atoms. The molecule has 728 valence electrons. The summed E-state index contributed by atoms with van der Waals surface area (Å²) >= 11 is 0. The Bertz CT molecular complexity index is 9570. The Labute approximate surface area is 860 Å². The second-order valence-corrected chi connectivity index (χ2v) is 43.0. The van der Waals surface area contributed by atoms with Gasteiger partial charge in [0.15, 0.2) is 31.0 Å². The lowest BCUT2D eigenvalue weighted by Gasteiger charge is -2.21. The van der Waals surface area contributed by atoms with E-state index < -0.39 is 0 Å². The first-order valence-corrected chi connectivity index (χ1v) is 53.0. The summed E-state index contributed by atoms with van der Waals surface area (Å²) in [5.74, 6) is 2.30. The van der Waals surface area contributed by atoms with Crippen LogP contribution in [0.25, 0.3) is 220 Å². The van der Waals surface area contributed by atoms with Crippen LogP contribution in [-0.4, -0.2) is 0 Å². The highest BCUT2D eigenvalue weighted by Gasteiger charge is 2.32. The fourth-order valence-electron chi connectivity index (χ4n) is 24.4. The normalized spacial score (nSPS) is 13.2. The summed E-state index contributed by atoms with van der Waals surface area (Å²) in [6, 6.07) is 103. The Morgan fingerprint density at radius 1 is 0.231 bits per heavy atom. The molecule has 0 unspecified atom stereocenters. The number of hydrogen-bond donors (Lipinski definition) is 0. The Balaban J connectivity index is 0.000000101. The SMILES string of the molecule is Cc1cc(-c2c(C)cc(C)c3c2oc2c4ccccc4ccc23)[n+](C)cc1C.Cc1cc[n+](C)c(-c2c(C)cc(C)c3c2oc2c4ccccc4ccc23)c1.Cc1ccc2c(oc3c4ccccc4ccc23)c1-c1cc(CC(C)C)cc[n+]1C.Cc1ccc2c(oc3c4ccccc4ccc23)c1-c1cc(CC2CCCC2)cc[n+]1C.Cc1ccc2c(oc3c4ccccc4ccc23)c1-c1cc(CC2CCCCC2)cc[n+]1C. The second kappa shape index (κ2) is 39.0. The summed E-state index contributed by atoms with van der Waals surface area (Å²) in [5, 5.41) is 23.9. The summed E-state index contributed by atoms with van der Waals surface area (Å²) in [5.41, 5.74) is 38.8. The lowest BCUT2D eigenvalue weighted by molar-refractivity contribution is -0.660. The predicted octanol–water partition coefficient (Wildman–Crippen LogP) is 34.3. The highest BCUT2D eigenvalue weighted by Crippen LogP contribution is 2.49. The van der Waals surface area contributed by atoms with Gasteiger partial charge in [-0.15, -0.1) is 0 Å². The van der Waals surface area contributed by atoms with E-state index >= 15 is 0 Å². The molecule has 2 saturated carbocycles. The minimum absolute atomic E-state index is 0.630. The Morgan fingerprint density at radius 3 is 0.884 bits per heavy atom. The van der Waals surface area contributed by atoms with Crippen molar-refractivity contribution in [2.45, 2.75) is 160 Å². The molecular weight excluding hydrogens is 1800 g/mol. The standard InChI is InChI=1S/C30H30NO.C29H28NO.C27H26NO.C26H24NO.C25H22NO/c1-20-12-14-26-25-15-13-23-10-6-7-11-24(23)29(25)32-30(26)28(20)27-19-22(16-17-31(27)2)18-21-8-4-3-5-9-21;1-19-11-13-25-24-14-12-22-9-5-6-10-23(22)28(24)31-29(25)27(19)26-18-21(15-16-30(26)2)17-20-7-3-4-8-20;1-17(2)15-19-13-14-28(4)24(16-19)25-18(3)9-11-23-22-12-10-20-7-5-6-8-21(20)26(22)29-27(23)25;1-15-13-22(27(5)14-18(15)4)24-17(3)12-16(2)23-21-11-10-19-8-6-7-9-20(19)25(21)28-26(23)24;1-15-11-12-26(4)21(13-15)23-17(3)14-16(2)22-20-10-9-18-7-5-6-8-19(18)24(20)27-25(22)23/h6-7,10-17,19,21H,3-5,8-9,18H2,1-2H3;5-6,9-16,18,20H,3-4,7-8,17H2,1-2H3;5-14,16-17H,15H2,1-4H3;6-14H,1-5H3;5-14H,1-4H3/q5*+1. The summed E-state index contributed by atoms with van der Waals surface area (Å²) in [6.45, 7) is 26.3. The molecule has 10 nitrogen and oxygen atoms in total. The maximum absolute atomic E-state index is 6.66. The molecule has 2 aliphatic rings. The molecule has 2 aliphatic carbocycles. The van der Waals surface area contributed by atoms with Crippen LogP contribution in [0.15, 0.2) is 338 Å². The molecule has 0 atom stereocenters. The van der Waals surface area contributed by atoms with Gasteiger partial charge in [0.25, 0.3) is 0 Å². The van der Waals surface area contributed by atoms with Crippen molar-refractivity contribution in [3.63, 3.8) is 0 Å². The highest BCUT2D eigenvalue weighted by atomic mass is 16.3. The number of aromatic nitrogens is 5. The van der Waals surface area contributed by atoms with Crippen molar-refractivity contribution >= 4 is 164 Å². The van der Waals surface area contributed by atoms with Crippen molar-refractivity contribution < 1.29 is 44.9 Å². The molecule has 0 saturated heterocycles. The number of pyridine rings is 5. The van der Waals surface area contributed by atoms with E-state index in [4.69, 9.17) is 22.1 Å². The largest absolute Gasteiger partial charge is 0.454 e. The van der Waals surface area contributed by atoms with Gasteiger partial charge in [-0.05, 0) is 230 Å². The Kier molecular flexibility index (Phi) is 25.2. The fraction of sp³-hybridized carbons (Fsp3) is 0.234. The van der Waals surface area contributed by atoms with Gasteiger partial charge in [-0.25, -0.2) is 22.8 Å². The van der Waals surface area contributed by atoms with Gasteiger partial charge in [-0.2, -0.15) is 0 Å². The third-order valence-electron chi connectivity index (χ3n) is 32.1. The van der Waals surface area contributed by atoms with Gasteiger partial charge in [-0.3, -0.25) is 0 Å². The predicted molar refractivity (Wildman–Crippen MR) is 611 cm³/mol. The smallest absolute Gasteiger partial charge is 0.216 e. The first-order chi connectivity index (χ1) is 71.4. The molecule has 0 N–H and O–H groups in total. The molecule has 147 heavy (non-hydrogen) atoms. The van der Waals surface area contributed by atoms with E-state index in [1.54, 1.807) is 0 Å². The summed E-state index contributed by atoms with van der Waals surface area (Å²) in [4.78, 5) is 0. The molecule has 0 aliphatic heterocycles. The third kappa shape index (κ3) is 17.5. The molecular formula is C137H130N5O5+5. The van der Waals surface area contributed by atoms with E-state index in [1.807, 2.05) is 0 Å². The maximum atomic E-state index is 6.66. The van der Waals surface area contributed by atoms with Gasteiger partial charge in [0.1, 0.15) is 91.1 Å². The minimum atomic E-state index is 0.630. The van der Waals surface area contributed by atoms with Gasteiger partial charge in [0, 0.05) is 141 Å². The van der Waals surface area contributed by atoms with Crippen LogP contribution in [0.4, 0.5) is 0 Å². The average Bonchev–Trinajstić information content (AvgIpc) is 1.58. The minimum Gasteiger partial charge on any atom is -0.454 e. The molecule has 25 aromatic rings. The van der Waals surface area contributed by atoms with Crippen molar-refractivity contribution in [3.8, 4) is 56.3 Å². The van der Waals surface area contributed by atoms with Crippen molar-refractivity contribution in [2.24, 2.45) is 53.0 Å². The van der Waals surface area contributed by atoms with Crippen LogP contribution < -0.4 is 22.8 Å². The van der Waals surface area contributed by atoms with E-state index in [0.29, 0.717) is 5.92 Å². The van der Waals surface area contributed by atoms with E-state index in [1.165, 1.54) is 307 Å². The summed E-state index contributed by atoms with van der Waals surface area (Å²) < 4.78 is 44.2. The fourth-order valence-corrected chi connectivity index (χ4v) is 24.4. The number of furan rings is 5. The van der Waals surface area contributed by atoms with Gasteiger partial charge in [-0.1, -0.05) is 272 Å². The van der Waals surface area contributed by atoms with Crippen molar-refractivity contribution in [1.29, 1.82) is 0 Å². The molecule has 0 spiro atoms. The second-order valence-electron chi connectivity index (χ2n) is 43.0. The van der Waals surface area contributed by atoms with Crippen LogP contribution in [-0.2, 0) is 54.5 Å². The lowest BCUT2D eigenvalue weighted by Crippen LogP contribution is -2.31. The van der Waals surface area contributed by atoms with Gasteiger partial charge in [0.2, 0.25) is 28.5 Å². The number of hydrogen-bond acceptors (Lipinski definition) is 5. The zero-order chi connectivity index (χ0) is 101. The molecule has 27 rings (SSSR count). The molecule has 15 aromatic carbocycles. The van der Waals surface area contributed by atoms with Crippen LogP contribution in [0.1, 0.15) is 144 Å². The van der Waals surface area contributed by atoms with E-state index in [-0.39, 0.29) is 0 Å². The molecule has 0 amide bonds. The van der Waals surface area contributed by atoms with Crippen LogP contribution in [0.3, 0.4) is 0 Å². The van der Waals surface area contributed by atoms with Crippen LogP contribution in [0.5, 0.6) is 0 Å². The van der Waals surface area contributed by atoms with E-state index in [9.17, 15) is 0 Å². The molecule has 0 radical (unpaired) electrons. The van der Waals surface area contributed by atoms with Crippen LogP contribution in [0, 0.1) is 87.0 Å². The number of rotatable bonds is 11. The van der Waals surface area contributed by atoms with Crippen molar-refractivity contribution in [1.82, 2.24) is 0 Å². The number of benzene rings is 15. The monoisotopic (exact) mass is 1930 g/mol. The topological polar surface area (TPSA) is 85.1 Å². The average molecular weight is 1930 g/mol. The van der Waals surface area contributed by atoms with Crippen LogP contribution >= 0.6 is 0 Å². The Hall–Kier alpha value is -15.7. The van der Waals surface area contributed by atoms with E-state index in [2.05, 4.69) is 457 Å². The highest BCUT2D eigenvalue weighted by molar-refractivity contribution is 6.23. The van der Waals surface area contributed by atoms with Gasteiger partial charge in [0.05, 0.1) is 27.8 Å². The van der Waals surface area contributed by atoms with Crippen molar-refractivity contribution in [3.05, 3.63) is 388 Å². The molecule has 10 heteroatoms. The lowest BCUT2D eigenvalue weighted by atomic mass is 9.85. The zero-order valence-electron chi connectivity index (χ0n) is 88.0. The molecule has 2 fully saturated rings. The first kappa shape index (κ1) is 94.9. The third-order valence-corrected chi connectivity index (χ3v) is 32.1. The quantitative estimate of drug-likeness (QED) is 0.120.